The van der Waals surface area contributed by atoms with Gasteiger partial charge in [0.15, 0.2) is 0 Å². The van der Waals surface area contributed by atoms with E-state index in [1.165, 1.54) is 0 Å². The number of rotatable bonds is 4. The van der Waals surface area contributed by atoms with E-state index in [1.54, 1.807) is 0 Å². The molecule has 0 atom stereocenters. The van der Waals surface area contributed by atoms with Gasteiger partial charge in [-0.3, -0.25) is 4.98 Å². The van der Waals surface area contributed by atoms with Crippen molar-refractivity contribution in [2.24, 2.45) is 0 Å². The van der Waals surface area contributed by atoms with Crippen molar-refractivity contribution in [3.63, 3.8) is 0 Å². The maximum Gasteiger partial charge on any atom is 3.00 e. The van der Waals surface area contributed by atoms with E-state index in [-0.39, 0.29) is 22.4 Å². The molecule has 0 saturated carbocycles. The summed E-state index contributed by atoms with van der Waals surface area (Å²) in [7, 11) is 0. The van der Waals surface area contributed by atoms with Crippen LogP contribution in [0.5, 0.6) is 0 Å². The van der Waals surface area contributed by atoms with E-state index in [2.05, 4.69) is 95.6 Å². The fraction of sp³-hybridized carbons (Fsp3) is 0. The van der Waals surface area contributed by atoms with E-state index in [0.717, 1.165) is 50.4 Å². The molecule has 0 N–H and O–H groups in total. The summed E-state index contributed by atoms with van der Waals surface area (Å²) >= 11 is 0. The van der Waals surface area contributed by atoms with Gasteiger partial charge in [-0.05, 0) is 18.2 Å². The van der Waals surface area contributed by atoms with Crippen molar-refractivity contribution in [3.05, 3.63) is 133 Å². The molecular weight excluding hydrogens is 597 g/mol. The van der Waals surface area contributed by atoms with Crippen molar-refractivity contribution in [2.75, 3.05) is 0 Å². The minimum absolute atomic E-state index is 0. The van der Waals surface area contributed by atoms with Gasteiger partial charge in [0.05, 0.1) is 16.9 Å². The Kier molecular flexibility index (Phi) is 6.29. The molecule has 34 heavy (non-hydrogen) atoms. The third kappa shape index (κ3) is 4.04. The van der Waals surface area contributed by atoms with Crippen molar-refractivity contribution < 1.29 is 22.4 Å². The first-order chi connectivity index (χ1) is 16.4. The normalized spacial score (nSPS) is 10.7. The molecule has 1 aromatic heterocycles. The first-order valence-corrected chi connectivity index (χ1v) is 10.9. The average Bonchev–Trinajstić information content (AvgIpc) is 3.30. The van der Waals surface area contributed by atoms with Gasteiger partial charge in [-0.2, -0.15) is 42.0 Å². The van der Waals surface area contributed by atoms with Crippen LogP contribution in [0.4, 0.5) is 0 Å². The van der Waals surface area contributed by atoms with Crippen LogP contribution < -0.4 is 0 Å². The molecule has 5 aromatic carbocycles. The quantitative estimate of drug-likeness (QED) is 0.149. The Balaban J connectivity index is 0.00000241. The second kappa shape index (κ2) is 9.66. The Bertz CT molecular complexity index is 1540. The maximum absolute atomic E-state index is 5.14. The second-order valence-corrected chi connectivity index (χ2v) is 7.81. The minimum Gasteiger partial charge on any atom is -0.334 e. The molecule has 0 saturated heterocycles. The molecule has 0 amide bonds. The van der Waals surface area contributed by atoms with Crippen LogP contribution >= 0.6 is 0 Å². The van der Waals surface area contributed by atoms with Crippen molar-refractivity contribution in [3.8, 4) is 39.3 Å². The number of hydrogen-bond donors (Lipinski definition) is 0. The largest absolute Gasteiger partial charge is 3.00 e. The third-order valence-corrected chi connectivity index (χ3v) is 5.73. The Morgan fingerprint density at radius 1 is 0.559 bits per heavy atom. The summed E-state index contributed by atoms with van der Waals surface area (Å²) in [6.45, 7) is 0. The summed E-state index contributed by atoms with van der Waals surface area (Å²) in [5.41, 5.74) is 8.13. The molecule has 6 rings (SSSR count). The zero-order valence-electron chi connectivity index (χ0n) is 18.2. The van der Waals surface area contributed by atoms with Gasteiger partial charge in [0.2, 0.25) is 0 Å². The molecule has 6 aromatic rings. The molecule has 0 radical (unpaired) electrons. The van der Waals surface area contributed by atoms with Crippen LogP contribution in [0.15, 0.2) is 115 Å². The summed E-state index contributed by atoms with van der Waals surface area (Å²) in [5, 5.41) is 0. The number of benzene rings is 5. The van der Waals surface area contributed by atoms with E-state index < -0.39 is 0 Å². The molecule has 0 bridgehead atoms. The van der Waals surface area contributed by atoms with Crippen LogP contribution in [-0.2, 0) is 22.4 Å². The van der Waals surface area contributed by atoms with Crippen LogP contribution in [-0.4, -0.2) is 9.55 Å². The Labute approximate surface area is 215 Å². The van der Waals surface area contributed by atoms with Crippen LogP contribution in [0, 0.1) is 18.2 Å². The smallest absolute Gasteiger partial charge is 0.334 e. The van der Waals surface area contributed by atoms with Gasteiger partial charge in [0.1, 0.15) is 0 Å². The maximum atomic E-state index is 5.14. The van der Waals surface area contributed by atoms with Gasteiger partial charge < -0.3 is 4.57 Å². The van der Waals surface area contributed by atoms with Gasteiger partial charge in [-0.15, -0.1) is 59.7 Å². The predicted molar refractivity (Wildman–Crippen MR) is 134 cm³/mol. The van der Waals surface area contributed by atoms with Crippen LogP contribution in [0.25, 0.3) is 50.4 Å². The fourth-order valence-corrected chi connectivity index (χ4v) is 4.21. The summed E-state index contributed by atoms with van der Waals surface area (Å²) in [6.07, 6.45) is 0. The molecule has 0 fully saturated rings. The standard InChI is InChI=1S/C31H19N2.Au/c1-4-12-23(13-5-1)25-16-10-17-26(22-25)28-20-11-21-29-30(28)32-31(24-14-6-2-7-15-24)33(29)27-18-8-3-9-19-27;/h1-12,14,16-21H;/q-3;+3. The van der Waals surface area contributed by atoms with E-state index in [9.17, 15) is 0 Å². The number of para-hydroxylation sites is 2. The van der Waals surface area contributed by atoms with Gasteiger partial charge in [-0.1, -0.05) is 35.9 Å². The number of aromatic nitrogens is 2. The SMILES string of the molecule is [Au+3].[c-]1ccccc1-c1[c-]c(-c2cccc3c2nc(-c2[c-]cccc2)n3-c2ccccc2)ccc1. The molecule has 164 valence electrons. The number of fused-ring (bicyclic) bond motifs is 1. The first-order valence-electron chi connectivity index (χ1n) is 10.9. The molecular formula is C31H19AuN2. The number of nitrogens with zero attached hydrogens (tertiary/aromatic N) is 2. The molecule has 3 heteroatoms. The first kappa shape index (κ1) is 22.1. The zero-order valence-corrected chi connectivity index (χ0v) is 20.3. The van der Waals surface area contributed by atoms with E-state index >= 15 is 0 Å². The monoisotopic (exact) mass is 616 g/mol. The van der Waals surface area contributed by atoms with Crippen LogP contribution in [0.3, 0.4) is 0 Å². The Morgan fingerprint density at radius 3 is 1.94 bits per heavy atom. The van der Waals surface area contributed by atoms with Gasteiger partial charge in [0.25, 0.3) is 0 Å². The molecule has 0 aliphatic rings. The average molecular weight is 616 g/mol. The van der Waals surface area contributed by atoms with Crippen molar-refractivity contribution in [1.82, 2.24) is 9.55 Å². The van der Waals surface area contributed by atoms with Crippen LogP contribution in [0.2, 0.25) is 0 Å². The minimum atomic E-state index is 0. The zero-order chi connectivity index (χ0) is 22.0. The summed E-state index contributed by atoms with van der Waals surface area (Å²) < 4.78 is 2.21. The van der Waals surface area contributed by atoms with E-state index in [4.69, 9.17) is 4.98 Å². The summed E-state index contributed by atoms with van der Waals surface area (Å²) in [4.78, 5) is 5.14. The molecule has 0 aliphatic heterocycles. The molecule has 0 spiro atoms. The molecule has 0 aliphatic carbocycles. The topological polar surface area (TPSA) is 17.8 Å². The molecule has 2 nitrogen and oxygen atoms in total. The third-order valence-electron chi connectivity index (χ3n) is 5.73. The second-order valence-electron chi connectivity index (χ2n) is 7.81. The number of imidazole rings is 1. The van der Waals surface area contributed by atoms with Gasteiger partial charge in [0, 0.05) is 5.69 Å². The van der Waals surface area contributed by atoms with E-state index in [0.29, 0.717) is 0 Å². The fourth-order valence-electron chi connectivity index (χ4n) is 4.21. The Morgan fingerprint density at radius 2 is 1.21 bits per heavy atom. The summed E-state index contributed by atoms with van der Waals surface area (Å²) in [6, 6.07) is 49.1. The summed E-state index contributed by atoms with van der Waals surface area (Å²) in [5.74, 6) is 0.872. The molecule has 1 heterocycles. The van der Waals surface area contributed by atoms with Crippen molar-refractivity contribution >= 4 is 11.0 Å². The van der Waals surface area contributed by atoms with Gasteiger partial charge >= 0.3 is 22.4 Å². The molecule has 0 unspecified atom stereocenters. The number of hydrogen-bond acceptors (Lipinski definition) is 1. The predicted octanol–water partition coefficient (Wildman–Crippen LogP) is 7.42. The van der Waals surface area contributed by atoms with Crippen molar-refractivity contribution in [2.45, 2.75) is 0 Å². The van der Waals surface area contributed by atoms with Crippen molar-refractivity contribution in [1.29, 1.82) is 0 Å². The van der Waals surface area contributed by atoms with E-state index in [1.807, 2.05) is 42.5 Å². The van der Waals surface area contributed by atoms with Crippen LogP contribution in [0.1, 0.15) is 0 Å². The van der Waals surface area contributed by atoms with Gasteiger partial charge in [-0.25, -0.2) is 5.56 Å². The Hall–Kier alpha value is -3.69.